The van der Waals surface area contributed by atoms with E-state index in [4.69, 9.17) is 0 Å². The first kappa shape index (κ1) is 22.7. The predicted octanol–water partition coefficient (Wildman–Crippen LogP) is 3.62. The molecule has 1 spiro atoms. The zero-order chi connectivity index (χ0) is 23.9. The molecule has 0 N–H and O–H groups in total. The lowest BCUT2D eigenvalue weighted by molar-refractivity contribution is -0.134. The minimum absolute atomic E-state index is 0.00821. The summed E-state index contributed by atoms with van der Waals surface area (Å²) in [5.41, 5.74) is 0.576. The van der Waals surface area contributed by atoms with Crippen molar-refractivity contribution in [1.29, 1.82) is 0 Å². The number of piperazine rings is 1. The Balaban J connectivity index is 1.12. The molecule has 2 aromatic rings. The van der Waals surface area contributed by atoms with Crippen LogP contribution in [0.2, 0.25) is 0 Å². The van der Waals surface area contributed by atoms with Crippen LogP contribution in [0.3, 0.4) is 0 Å². The number of benzene rings is 2. The Morgan fingerprint density at radius 2 is 1.47 bits per heavy atom. The molecule has 34 heavy (non-hydrogen) atoms. The van der Waals surface area contributed by atoms with Gasteiger partial charge >= 0.3 is 0 Å². The lowest BCUT2D eigenvalue weighted by atomic mass is 9.90. The number of carbonyl (C=O) groups excluding carboxylic acids is 2. The molecule has 2 heterocycles. The summed E-state index contributed by atoms with van der Waals surface area (Å²) in [4.78, 5) is 31.6. The van der Waals surface area contributed by atoms with Crippen LogP contribution < -0.4 is 4.90 Å². The summed E-state index contributed by atoms with van der Waals surface area (Å²) >= 11 is 0. The number of piperidine rings is 1. The fourth-order valence-electron chi connectivity index (χ4n) is 5.49. The third kappa shape index (κ3) is 4.26. The zero-order valence-corrected chi connectivity index (χ0v) is 19.0. The monoisotopic (exact) mass is 471 g/mol. The number of para-hydroxylation sites is 1. The van der Waals surface area contributed by atoms with Gasteiger partial charge in [0.2, 0.25) is 11.8 Å². The van der Waals surface area contributed by atoms with Crippen LogP contribution in [-0.4, -0.2) is 60.9 Å². The van der Waals surface area contributed by atoms with Crippen molar-refractivity contribution < 1.29 is 22.8 Å². The van der Waals surface area contributed by atoms with E-state index in [2.05, 4.69) is 17.0 Å². The van der Waals surface area contributed by atoms with Gasteiger partial charge in [-0.25, -0.2) is 13.2 Å². The van der Waals surface area contributed by atoms with E-state index in [1.807, 2.05) is 23.1 Å². The average molecular weight is 472 g/mol. The summed E-state index contributed by atoms with van der Waals surface area (Å²) < 4.78 is 41.3. The van der Waals surface area contributed by atoms with Crippen molar-refractivity contribution in [2.75, 3.05) is 44.2 Å². The molecule has 0 radical (unpaired) electrons. The summed E-state index contributed by atoms with van der Waals surface area (Å²) in [6, 6.07) is 11.7. The van der Waals surface area contributed by atoms with Crippen LogP contribution in [0.5, 0.6) is 0 Å². The van der Waals surface area contributed by atoms with Crippen molar-refractivity contribution in [1.82, 2.24) is 9.80 Å². The van der Waals surface area contributed by atoms with E-state index in [0.717, 1.165) is 31.6 Å². The van der Waals surface area contributed by atoms with E-state index in [1.54, 1.807) is 4.90 Å². The molecule has 1 atom stereocenters. The van der Waals surface area contributed by atoms with Crippen LogP contribution in [0.1, 0.15) is 24.8 Å². The van der Waals surface area contributed by atoms with Crippen molar-refractivity contribution >= 4 is 17.5 Å². The van der Waals surface area contributed by atoms with Crippen LogP contribution in [0, 0.1) is 28.8 Å². The van der Waals surface area contributed by atoms with Crippen molar-refractivity contribution in [3.63, 3.8) is 0 Å². The van der Waals surface area contributed by atoms with E-state index in [0.29, 0.717) is 39.0 Å². The topological polar surface area (TPSA) is 43.9 Å². The Labute approximate surface area is 197 Å². The van der Waals surface area contributed by atoms with E-state index in [-0.39, 0.29) is 17.2 Å². The molecule has 5 rings (SSSR count). The number of anilines is 1. The number of hydrogen-bond acceptors (Lipinski definition) is 3. The molecular formula is C26H28F3N3O2. The van der Waals surface area contributed by atoms with Gasteiger partial charge < -0.3 is 14.7 Å². The van der Waals surface area contributed by atoms with Crippen molar-refractivity contribution in [2.24, 2.45) is 11.3 Å². The van der Waals surface area contributed by atoms with Gasteiger partial charge in [-0.3, -0.25) is 9.59 Å². The van der Waals surface area contributed by atoms with Crippen molar-refractivity contribution in [3.05, 3.63) is 65.5 Å². The summed E-state index contributed by atoms with van der Waals surface area (Å²) in [7, 11) is 0. The maximum absolute atomic E-state index is 13.9. The zero-order valence-electron chi connectivity index (χ0n) is 19.0. The molecule has 1 saturated carbocycles. The van der Waals surface area contributed by atoms with Crippen molar-refractivity contribution in [2.45, 2.75) is 25.7 Å². The van der Waals surface area contributed by atoms with Gasteiger partial charge in [0.15, 0.2) is 11.6 Å². The van der Waals surface area contributed by atoms with Gasteiger partial charge in [-0.05, 0) is 48.9 Å². The SMILES string of the molecule is O=C(Cc1c(F)ccc(F)c1F)N1CCC2(CC1)C[C@@H]2C(=O)N1CCN(c2ccccc2)CC1. The van der Waals surface area contributed by atoms with E-state index < -0.39 is 35.3 Å². The van der Waals surface area contributed by atoms with E-state index in [1.165, 1.54) is 5.69 Å². The summed E-state index contributed by atoms with van der Waals surface area (Å²) in [5, 5.41) is 0. The number of nitrogens with zero attached hydrogens (tertiary/aromatic N) is 3. The third-order valence-electron chi connectivity index (χ3n) is 7.78. The van der Waals surface area contributed by atoms with Crippen LogP contribution in [0.4, 0.5) is 18.9 Å². The van der Waals surface area contributed by atoms with Crippen molar-refractivity contribution in [3.8, 4) is 0 Å². The van der Waals surface area contributed by atoms with Gasteiger partial charge in [0, 0.05) is 56.4 Å². The molecule has 2 saturated heterocycles. The molecule has 1 aliphatic carbocycles. The highest BCUT2D eigenvalue weighted by Crippen LogP contribution is 2.60. The minimum atomic E-state index is -1.30. The standard InChI is InChI=1S/C26H28F3N3O2/c27-21-6-7-22(28)24(29)19(21)16-23(33)31-10-8-26(9-11-31)17-20(26)25(34)32-14-12-30(13-15-32)18-4-2-1-3-5-18/h1-7,20H,8-17H2/t20-/m1/s1. The average Bonchev–Trinajstić information content (AvgIpc) is 3.57. The fourth-order valence-corrected chi connectivity index (χ4v) is 5.49. The molecule has 3 aliphatic rings. The summed E-state index contributed by atoms with van der Waals surface area (Å²) in [5.74, 6) is -3.60. The molecule has 2 aromatic carbocycles. The predicted molar refractivity (Wildman–Crippen MR) is 122 cm³/mol. The smallest absolute Gasteiger partial charge is 0.227 e. The summed E-state index contributed by atoms with van der Waals surface area (Å²) in [6.45, 7) is 3.92. The second-order valence-corrected chi connectivity index (χ2v) is 9.65. The molecule has 5 nitrogen and oxygen atoms in total. The molecule has 0 aromatic heterocycles. The number of rotatable bonds is 4. The van der Waals surface area contributed by atoms with Gasteiger partial charge in [-0.15, -0.1) is 0 Å². The number of likely N-dealkylation sites (tertiary alicyclic amines) is 1. The normalized spacial score (nSPS) is 21.6. The second-order valence-electron chi connectivity index (χ2n) is 9.65. The number of halogens is 3. The second kappa shape index (κ2) is 8.96. The molecule has 8 heteroatoms. The fraction of sp³-hybridized carbons (Fsp3) is 0.462. The molecule has 180 valence electrons. The van der Waals surface area contributed by atoms with Crippen LogP contribution in [0.25, 0.3) is 0 Å². The molecule has 2 amide bonds. The first-order valence-electron chi connectivity index (χ1n) is 11.9. The molecule has 0 unspecified atom stereocenters. The van der Waals surface area contributed by atoms with Crippen LogP contribution in [-0.2, 0) is 16.0 Å². The number of amides is 2. The van der Waals surface area contributed by atoms with Gasteiger partial charge in [0.05, 0.1) is 6.42 Å². The van der Waals surface area contributed by atoms with E-state index in [9.17, 15) is 22.8 Å². The van der Waals surface area contributed by atoms with Gasteiger partial charge in [-0.1, -0.05) is 18.2 Å². The lowest BCUT2D eigenvalue weighted by Gasteiger charge is -2.37. The third-order valence-corrected chi connectivity index (χ3v) is 7.78. The number of carbonyl (C=O) groups is 2. The van der Waals surface area contributed by atoms with Gasteiger partial charge in [-0.2, -0.15) is 0 Å². The first-order valence-corrected chi connectivity index (χ1v) is 11.9. The minimum Gasteiger partial charge on any atom is -0.368 e. The Morgan fingerprint density at radius 3 is 2.15 bits per heavy atom. The Hall–Kier alpha value is -3.03. The first-order chi connectivity index (χ1) is 16.4. The maximum atomic E-state index is 13.9. The quantitative estimate of drug-likeness (QED) is 0.640. The largest absolute Gasteiger partial charge is 0.368 e. The Morgan fingerprint density at radius 1 is 0.824 bits per heavy atom. The lowest BCUT2D eigenvalue weighted by Crippen LogP contribution is -2.50. The number of hydrogen-bond donors (Lipinski definition) is 0. The molecular weight excluding hydrogens is 443 g/mol. The van der Waals surface area contributed by atoms with Crippen LogP contribution >= 0.6 is 0 Å². The van der Waals surface area contributed by atoms with E-state index >= 15 is 0 Å². The van der Waals surface area contributed by atoms with Gasteiger partial charge in [0.1, 0.15) is 5.82 Å². The highest BCUT2D eigenvalue weighted by atomic mass is 19.2. The molecule has 0 bridgehead atoms. The Bertz CT molecular complexity index is 1080. The molecule has 3 fully saturated rings. The maximum Gasteiger partial charge on any atom is 0.227 e. The van der Waals surface area contributed by atoms with Crippen LogP contribution in [0.15, 0.2) is 42.5 Å². The summed E-state index contributed by atoms with van der Waals surface area (Å²) in [6.07, 6.45) is 1.73. The van der Waals surface area contributed by atoms with Gasteiger partial charge in [0.25, 0.3) is 0 Å². The molecule has 2 aliphatic heterocycles. The highest BCUT2D eigenvalue weighted by Gasteiger charge is 2.59. The Kier molecular flexibility index (Phi) is 6.00. The highest BCUT2D eigenvalue weighted by molar-refractivity contribution is 5.83.